The summed E-state index contributed by atoms with van der Waals surface area (Å²) in [5.74, 6) is 0. The number of hydrogen-bond acceptors (Lipinski definition) is 6. The SMILES string of the molecule is Cc1ccc2c(=O)c(CN(C)CCN(C)Cc3cn(S(=O)(=O)c4ccccc4)c4ccccc34)coc2c1. The number of hydrogen-bond donors (Lipinski definition) is 0. The molecule has 0 aliphatic carbocycles. The first-order valence-corrected chi connectivity index (χ1v) is 14.0. The van der Waals surface area contributed by atoms with Crippen LogP contribution in [0.15, 0.2) is 99.4 Å². The number of likely N-dealkylation sites (N-methyl/N-ethyl adjacent to an activating group) is 2. The predicted molar refractivity (Wildman–Crippen MR) is 151 cm³/mol. The van der Waals surface area contributed by atoms with Crippen molar-refractivity contribution >= 4 is 31.9 Å². The summed E-state index contributed by atoms with van der Waals surface area (Å²) in [4.78, 5) is 17.4. The average Bonchev–Trinajstić information content (AvgIpc) is 3.29. The zero-order valence-corrected chi connectivity index (χ0v) is 22.6. The normalized spacial score (nSPS) is 12.2. The van der Waals surface area contributed by atoms with E-state index >= 15 is 0 Å². The molecule has 8 heteroatoms. The molecule has 5 rings (SSSR count). The van der Waals surface area contributed by atoms with Gasteiger partial charge in [0.05, 0.1) is 22.1 Å². The molecule has 0 unspecified atom stereocenters. The molecule has 0 saturated carbocycles. The third-order valence-electron chi connectivity index (χ3n) is 6.81. The van der Waals surface area contributed by atoms with Gasteiger partial charge in [-0.3, -0.25) is 4.79 Å². The fourth-order valence-electron chi connectivity index (χ4n) is 4.71. The number of para-hydroxylation sites is 1. The molecule has 0 fully saturated rings. The maximum atomic E-state index is 13.4. The zero-order valence-electron chi connectivity index (χ0n) is 21.8. The average molecular weight is 530 g/mol. The molecule has 0 amide bonds. The minimum absolute atomic E-state index is 0.00103. The Labute approximate surface area is 222 Å². The highest BCUT2D eigenvalue weighted by Crippen LogP contribution is 2.26. The molecule has 0 saturated heterocycles. The van der Waals surface area contributed by atoms with Crippen LogP contribution in [-0.2, 0) is 23.1 Å². The van der Waals surface area contributed by atoms with Crippen LogP contribution in [-0.4, -0.2) is 49.4 Å². The number of fused-ring (bicyclic) bond motifs is 2. The van der Waals surface area contributed by atoms with E-state index in [0.29, 0.717) is 35.1 Å². The summed E-state index contributed by atoms with van der Waals surface area (Å²) >= 11 is 0. The third kappa shape index (κ3) is 5.15. The number of rotatable bonds is 9. The molecular weight excluding hydrogens is 498 g/mol. The molecule has 196 valence electrons. The molecule has 0 radical (unpaired) electrons. The van der Waals surface area contributed by atoms with Gasteiger partial charge in [0.25, 0.3) is 10.0 Å². The van der Waals surface area contributed by atoms with Crippen LogP contribution < -0.4 is 5.43 Å². The number of nitrogens with zero attached hydrogens (tertiary/aromatic N) is 3. The van der Waals surface area contributed by atoms with Gasteiger partial charge in [-0.05, 0) is 62.5 Å². The second-order valence-corrected chi connectivity index (χ2v) is 11.7. The standard InChI is InChI=1S/C30H31N3O4S/c1-22-13-14-27-29(17-22)37-21-24(30(27)34)19-32(3)16-15-31(2)18-23-20-33(28-12-8-7-11-26(23)28)38(35,36)25-9-5-4-6-10-25/h4-14,17,20-21H,15-16,18-19H2,1-3H3. The first-order chi connectivity index (χ1) is 18.2. The number of aromatic nitrogens is 1. The van der Waals surface area contributed by atoms with Gasteiger partial charge in [-0.2, -0.15) is 0 Å². The summed E-state index contributed by atoms with van der Waals surface area (Å²) in [5, 5.41) is 1.51. The van der Waals surface area contributed by atoms with Crippen molar-refractivity contribution in [1.82, 2.24) is 13.8 Å². The van der Waals surface area contributed by atoms with Crippen LogP contribution in [0.5, 0.6) is 0 Å². The smallest absolute Gasteiger partial charge is 0.268 e. The molecule has 38 heavy (non-hydrogen) atoms. The Hall–Kier alpha value is -3.72. The van der Waals surface area contributed by atoms with E-state index in [0.717, 1.165) is 29.6 Å². The zero-order chi connectivity index (χ0) is 26.9. The molecule has 3 aromatic carbocycles. The minimum atomic E-state index is -3.71. The summed E-state index contributed by atoms with van der Waals surface area (Å²) in [6.07, 6.45) is 3.29. The Balaban J connectivity index is 1.29. The molecule has 0 aliphatic heterocycles. The van der Waals surface area contributed by atoms with Crippen molar-refractivity contribution in [2.24, 2.45) is 0 Å². The molecular formula is C30H31N3O4S. The van der Waals surface area contributed by atoms with Gasteiger partial charge in [0, 0.05) is 43.3 Å². The van der Waals surface area contributed by atoms with Gasteiger partial charge < -0.3 is 14.2 Å². The summed E-state index contributed by atoms with van der Waals surface area (Å²) < 4.78 is 33.8. The highest BCUT2D eigenvalue weighted by atomic mass is 32.2. The van der Waals surface area contributed by atoms with Gasteiger partial charge in [0.15, 0.2) is 5.43 Å². The molecule has 7 nitrogen and oxygen atoms in total. The molecule has 0 N–H and O–H groups in total. The highest BCUT2D eigenvalue weighted by molar-refractivity contribution is 7.90. The Kier molecular flexibility index (Phi) is 7.21. The fourth-order valence-corrected chi connectivity index (χ4v) is 6.13. The van der Waals surface area contributed by atoms with Crippen molar-refractivity contribution in [2.75, 3.05) is 27.2 Å². The van der Waals surface area contributed by atoms with E-state index in [-0.39, 0.29) is 10.3 Å². The number of aryl methyl sites for hydroxylation is 1. The third-order valence-corrected chi connectivity index (χ3v) is 8.49. The van der Waals surface area contributed by atoms with Crippen molar-refractivity contribution < 1.29 is 12.8 Å². The summed E-state index contributed by atoms with van der Waals surface area (Å²) in [6.45, 7) is 4.50. The van der Waals surface area contributed by atoms with Crippen molar-refractivity contribution in [3.8, 4) is 0 Å². The van der Waals surface area contributed by atoms with Crippen molar-refractivity contribution in [1.29, 1.82) is 0 Å². The minimum Gasteiger partial charge on any atom is -0.464 e. The summed E-state index contributed by atoms with van der Waals surface area (Å²) in [6, 6.07) is 21.7. The number of benzene rings is 3. The van der Waals surface area contributed by atoms with E-state index in [1.807, 2.05) is 63.5 Å². The second-order valence-electron chi connectivity index (χ2n) is 9.85. The monoisotopic (exact) mass is 529 g/mol. The van der Waals surface area contributed by atoms with Crippen LogP contribution >= 0.6 is 0 Å². The quantitative estimate of drug-likeness (QED) is 0.272. The maximum absolute atomic E-state index is 13.4. The first-order valence-electron chi connectivity index (χ1n) is 12.5. The lowest BCUT2D eigenvalue weighted by molar-refractivity contribution is 0.246. The second kappa shape index (κ2) is 10.6. The molecule has 0 atom stereocenters. The van der Waals surface area contributed by atoms with E-state index < -0.39 is 10.0 Å². The molecule has 5 aromatic rings. The Morgan fingerprint density at radius 3 is 2.21 bits per heavy atom. The lowest BCUT2D eigenvalue weighted by Crippen LogP contribution is -2.31. The van der Waals surface area contributed by atoms with E-state index in [2.05, 4.69) is 9.80 Å². The van der Waals surface area contributed by atoms with Gasteiger partial charge >= 0.3 is 0 Å². The van der Waals surface area contributed by atoms with Gasteiger partial charge in [-0.25, -0.2) is 12.4 Å². The lowest BCUT2D eigenvalue weighted by Gasteiger charge is -2.21. The van der Waals surface area contributed by atoms with Crippen molar-refractivity contribution in [3.63, 3.8) is 0 Å². The molecule has 2 aromatic heterocycles. The van der Waals surface area contributed by atoms with Crippen molar-refractivity contribution in [3.05, 3.63) is 112 Å². The van der Waals surface area contributed by atoms with E-state index in [9.17, 15) is 13.2 Å². The van der Waals surface area contributed by atoms with E-state index in [1.54, 1.807) is 42.8 Å². The highest BCUT2D eigenvalue weighted by Gasteiger charge is 2.21. The summed E-state index contributed by atoms with van der Waals surface area (Å²) in [5.41, 5.74) is 3.88. The van der Waals surface area contributed by atoms with Crippen LogP contribution in [0, 0.1) is 6.92 Å². The Morgan fingerprint density at radius 1 is 0.816 bits per heavy atom. The predicted octanol–water partition coefficient (Wildman–Crippen LogP) is 4.86. The first kappa shape index (κ1) is 25.9. The Morgan fingerprint density at radius 2 is 1.47 bits per heavy atom. The van der Waals surface area contributed by atoms with Crippen LogP contribution in [0.1, 0.15) is 16.7 Å². The Bertz CT molecular complexity index is 1760. The van der Waals surface area contributed by atoms with E-state index in [4.69, 9.17) is 4.42 Å². The molecule has 0 bridgehead atoms. The van der Waals surface area contributed by atoms with Crippen LogP contribution in [0.4, 0.5) is 0 Å². The lowest BCUT2D eigenvalue weighted by atomic mass is 10.1. The molecule has 2 heterocycles. The van der Waals surface area contributed by atoms with Crippen molar-refractivity contribution in [2.45, 2.75) is 24.9 Å². The van der Waals surface area contributed by atoms with Gasteiger partial charge in [-0.1, -0.05) is 42.5 Å². The van der Waals surface area contributed by atoms with Crippen LogP contribution in [0.2, 0.25) is 0 Å². The van der Waals surface area contributed by atoms with Gasteiger partial charge in [0.2, 0.25) is 0 Å². The maximum Gasteiger partial charge on any atom is 0.268 e. The van der Waals surface area contributed by atoms with Gasteiger partial charge in [-0.15, -0.1) is 0 Å². The van der Waals surface area contributed by atoms with Crippen LogP contribution in [0.25, 0.3) is 21.9 Å². The topological polar surface area (TPSA) is 75.8 Å². The molecule has 0 aliphatic rings. The fraction of sp³-hybridized carbons (Fsp3) is 0.233. The largest absolute Gasteiger partial charge is 0.464 e. The molecule has 0 spiro atoms. The van der Waals surface area contributed by atoms with Crippen LogP contribution in [0.3, 0.4) is 0 Å². The van der Waals surface area contributed by atoms with Gasteiger partial charge in [0.1, 0.15) is 5.58 Å². The van der Waals surface area contributed by atoms with E-state index in [1.165, 1.54) is 3.97 Å². The summed E-state index contributed by atoms with van der Waals surface area (Å²) in [7, 11) is 0.278.